The van der Waals surface area contributed by atoms with Gasteiger partial charge in [0.05, 0.1) is 16.7 Å². The van der Waals surface area contributed by atoms with Crippen molar-refractivity contribution in [2.75, 3.05) is 0 Å². The normalized spacial score (nSPS) is 11.6. The largest absolute Gasteiger partial charge is 0.510 e. The molecule has 0 fully saturated rings. The summed E-state index contributed by atoms with van der Waals surface area (Å²) in [7, 11) is 0. The standard InChI is InChI=1S/C48H28N4O.Pt/c1-2-15-33(16-3-1)50-31-51(43-24-7-6-23-42(43)50)34-17-12-18-35(29-34)53-36-26-27-40-44(30-36)52(45-25-8-9-28-49-45)48-39-20-5-4-19-37(39)38-21-10-13-32-14-11-22-41(46(32)38)47(40)48;/h1-28H;/q-2;. The molecule has 0 spiro atoms. The first-order valence-electron chi connectivity index (χ1n) is 17.6. The molecule has 0 N–H and O–H groups in total. The first-order chi connectivity index (χ1) is 26.3. The number of benzene rings is 7. The van der Waals surface area contributed by atoms with Crippen LogP contribution in [0.25, 0.3) is 83.4 Å². The smallest absolute Gasteiger partial charge is 0.268 e. The Kier molecular flexibility index (Phi) is 7.64. The third-order valence-corrected chi connectivity index (χ3v) is 10.2. The van der Waals surface area contributed by atoms with E-state index in [1.807, 2.05) is 77.5 Å². The Morgan fingerprint density at radius 2 is 1.30 bits per heavy atom. The minimum atomic E-state index is 0. The van der Waals surface area contributed by atoms with Crippen molar-refractivity contribution in [3.8, 4) is 62.2 Å². The summed E-state index contributed by atoms with van der Waals surface area (Å²) < 4.78 is 12.9. The van der Waals surface area contributed by atoms with Crippen molar-refractivity contribution in [1.29, 1.82) is 0 Å². The molecular weight excluding hydrogens is 844 g/mol. The molecule has 0 aliphatic heterocycles. The van der Waals surface area contributed by atoms with E-state index >= 15 is 0 Å². The summed E-state index contributed by atoms with van der Waals surface area (Å²) in [5.74, 6) is 1.98. The van der Waals surface area contributed by atoms with Crippen molar-refractivity contribution >= 4 is 32.7 Å². The number of fused-ring (bicyclic) bond motifs is 8. The van der Waals surface area contributed by atoms with Crippen LogP contribution < -0.4 is 9.30 Å². The fourth-order valence-corrected chi connectivity index (χ4v) is 7.95. The Balaban J connectivity index is 0.00000361. The minimum absolute atomic E-state index is 0. The van der Waals surface area contributed by atoms with E-state index < -0.39 is 0 Å². The number of para-hydroxylation sites is 3. The van der Waals surface area contributed by atoms with E-state index in [9.17, 15) is 0 Å². The van der Waals surface area contributed by atoms with Crippen molar-refractivity contribution in [1.82, 2.24) is 14.1 Å². The van der Waals surface area contributed by atoms with Crippen LogP contribution in [-0.4, -0.2) is 14.1 Å². The Bertz CT molecular complexity index is 3030. The molecule has 1 aliphatic carbocycles. The van der Waals surface area contributed by atoms with Gasteiger partial charge in [-0.1, -0.05) is 115 Å². The number of aromatic nitrogens is 4. The molecule has 0 saturated heterocycles. The molecular formula is C48H28N4OPt-2. The molecule has 0 unspecified atom stereocenters. The van der Waals surface area contributed by atoms with E-state index in [0.29, 0.717) is 11.5 Å². The molecule has 5 nitrogen and oxygen atoms in total. The Labute approximate surface area is 326 Å². The van der Waals surface area contributed by atoms with E-state index in [2.05, 4.69) is 125 Å². The molecule has 11 rings (SSSR count). The zero-order valence-electron chi connectivity index (χ0n) is 28.7. The van der Waals surface area contributed by atoms with Gasteiger partial charge in [0.15, 0.2) is 0 Å². The summed E-state index contributed by atoms with van der Waals surface area (Å²) >= 11 is 0. The molecule has 0 saturated carbocycles. The number of ether oxygens (including phenoxy) is 1. The third kappa shape index (κ3) is 4.97. The molecule has 6 heteroatoms. The van der Waals surface area contributed by atoms with Crippen molar-refractivity contribution in [2.45, 2.75) is 0 Å². The fourth-order valence-electron chi connectivity index (χ4n) is 7.95. The third-order valence-electron chi connectivity index (χ3n) is 10.2. The second-order valence-corrected chi connectivity index (χ2v) is 13.2. The molecule has 258 valence electrons. The first kappa shape index (κ1) is 32.1. The second kappa shape index (κ2) is 12.8. The predicted octanol–water partition coefficient (Wildman–Crippen LogP) is 10.9. The summed E-state index contributed by atoms with van der Waals surface area (Å²) in [5.41, 5.74) is 11.8. The summed E-state index contributed by atoms with van der Waals surface area (Å²) in [4.78, 5) is 4.88. The number of hydrogen-bond acceptors (Lipinski definition) is 2. The molecule has 0 bridgehead atoms. The molecule has 0 amide bonds. The summed E-state index contributed by atoms with van der Waals surface area (Å²) in [6.07, 6.45) is 5.39. The number of nitrogens with zero attached hydrogens (tertiary/aromatic N) is 4. The SMILES string of the molecule is [Pt].[c-]1c(Oc2[c-]c3c(cc2)c2c(n3-c3ccccn3)-c3ccccc3-c3cccc4cccc-2c34)cccc1-n1[c-][n+](-c2ccccc2)c2ccccc21. The van der Waals surface area contributed by atoms with Crippen LogP contribution in [0.2, 0.25) is 0 Å². The number of hydrogen-bond donors (Lipinski definition) is 0. The van der Waals surface area contributed by atoms with Gasteiger partial charge in [-0.05, 0) is 63.0 Å². The Morgan fingerprint density at radius 3 is 2.15 bits per heavy atom. The average molecular weight is 872 g/mol. The number of imidazole rings is 1. The van der Waals surface area contributed by atoms with E-state index in [4.69, 9.17) is 9.72 Å². The Hall–Kier alpha value is -6.55. The van der Waals surface area contributed by atoms with Crippen molar-refractivity contribution < 1.29 is 30.4 Å². The quantitative estimate of drug-likeness (QED) is 0.128. The maximum absolute atomic E-state index is 6.60. The summed E-state index contributed by atoms with van der Waals surface area (Å²) in [6.45, 7) is 0. The van der Waals surface area contributed by atoms with Gasteiger partial charge in [-0.3, -0.25) is 4.57 Å². The fraction of sp³-hybridized carbons (Fsp3) is 0. The van der Waals surface area contributed by atoms with Gasteiger partial charge < -0.3 is 13.9 Å². The van der Waals surface area contributed by atoms with Gasteiger partial charge in [-0.2, -0.15) is 18.2 Å². The van der Waals surface area contributed by atoms with Crippen LogP contribution in [0.15, 0.2) is 170 Å². The zero-order chi connectivity index (χ0) is 34.9. The van der Waals surface area contributed by atoms with Gasteiger partial charge in [-0.25, -0.2) is 4.98 Å². The number of rotatable bonds is 5. The zero-order valence-corrected chi connectivity index (χ0v) is 31.0. The van der Waals surface area contributed by atoms with Crippen molar-refractivity contribution in [3.63, 3.8) is 0 Å². The molecule has 10 aromatic rings. The Morgan fingerprint density at radius 1 is 0.574 bits per heavy atom. The van der Waals surface area contributed by atoms with Crippen LogP contribution in [0.5, 0.6) is 11.5 Å². The van der Waals surface area contributed by atoms with Crippen molar-refractivity contribution in [3.05, 3.63) is 188 Å². The van der Waals surface area contributed by atoms with Gasteiger partial charge >= 0.3 is 0 Å². The minimum Gasteiger partial charge on any atom is -0.510 e. The molecule has 3 aromatic heterocycles. The molecule has 0 radical (unpaired) electrons. The van der Waals surface area contributed by atoms with Crippen LogP contribution >= 0.6 is 0 Å². The van der Waals surface area contributed by atoms with Gasteiger partial charge in [-0.15, -0.1) is 29.7 Å². The maximum Gasteiger partial charge on any atom is 0.268 e. The van der Waals surface area contributed by atoms with Crippen LogP contribution in [0.1, 0.15) is 0 Å². The van der Waals surface area contributed by atoms with Crippen molar-refractivity contribution in [2.24, 2.45) is 0 Å². The van der Waals surface area contributed by atoms with Crippen LogP contribution in [0.3, 0.4) is 0 Å². The summed E-state index contributed by atoms with van der Waals surface area (Å²) in [6, 6.07) is 63.8. The maximum atomic E-state index is 6.60. The van der Waals surface area contributed by atoms with Gasteiger partial charge in [0.2, 0.25) is 0 Å². The predicted molar refractivity (Wildman–Crippen MR) is 210 cm³/mol. The number of pyridine rings is 1. The van der Waals surface area contributed by atoms with Crippen LogP contribution in [-0.2, 0) is 21.1 Å². The van der Waals surface area contributed by atoms with Gasteiger partial charge in [0.25, 0.3) is 6.33 Å². The first-order valence-corrected chi connectivity index (χ1v) is 17.6. The molecule has 3 heterocycles. The van der Waals surface area contributed by atoms with Gasteiger partial charge in [0.1, 0.15) is 5.82 Å². The van der Waals surface area contributed by atoms with Crippen LogP contribution in [0, 0.1) is 18.5 Å². The van der Waals surface area contributed by atoms with E-state index in [-0.39, 0.29) is 21.1 Å². The van der Waals surface area contributed by atoms with Gasteiger partial charge in [0, 0.05) is 50.0 Å². The molecule has 1 aliphatic rings. The molecule has 7 aromatic carbocycles. The van der Waals surface area contributed by atoms with E-state index in [0.717, 1.165) is 55.9 Å². The second-order valence-electron chi connectivity index (χ2n) is 13.2. The molecule has 0 atom stereocenters. The summed E-state index contributed by atoms with van der Waals surface area (Å²) in [5, 5.41) is 3.53. The molecule has 54 heavy (non-hydrogen) atoms. The monoisotopic (exact) mass is 871 g/mol. The van der Waals surface area contributed by atoms with E-state index in [1.54, 1.807) is 0 Å². The van der Waals surface area contributed by atoms with E-state index in [1.165, 1.54) is 27.5 Å². The topological polar surface area (TPSA) is 35.9 Å². The van der Waals surface area contributed by atoms with Crippen LogP contribution in [0.4, 0.5) is 0 Å². The average Bonchev–Trinajstić information content (AvgIpc) is 3.74.